The molecule has 0 aliphatic rings. The monoisotopic (exact) mass is 267 g/mol. The maximum atomic E-state index is 11.6. The van der Waals surface area contributed by atoms with Crippen LogP contribution in [0.15, 0.2) is 18.3 Å². The van der Waals surface area contributed by atoms with Gasteiger partial charge in [0.15, 0.2) is 5.69 Å². The van der Waals surface area contributed by atoms with Crippen LogP contribution in [0.1, 0.15) is 23.2 Å². The van der Waals surface area contributed by atoms with E-state index in [1.807, 2.05) is 6.92 Å². The minimum absolute atomic E-state index is 0.0555. The lowest BCUT2D eigenvalue weighted by Gasteiger charge is -2.04. The third kappa shape index (κ3) is 2.32. The van der Waals surface area contributed by atoms with Gasteiger partial charge in [-0.25, -0.2) is 9.78 Å². The van der Waals surface area contributed by atoms with Crippen LogP contribution >= 0.6 is 11.6 Å². The van der Waals surface area contributed by atoms with Gasteiger partial charge in [0.2, 0.25) is 0 Å². The van der Waals surface area contributed by atoms with Gasteiger partial charge in [-0.3, -0.25) is 0 Å². The minimum Gasteiger partial charge on any atom is -0.464 e. The molecule has 0 saturated carbocycles. The Balaban J connectivity index is 2.63. The van der Waals surface area contributed by atoms with Crippen LogP contribution in [-0.4, -0.2) is 28.5 Å². The SMILES string of the molecule is COC(=O)c1nc(CC(C)N)n2cc(Cl)ccc12. The third-order valence-electron chi connectivity index (χ3n) is 2.56. The molecule has 1 unspecified atom stereocenters. The summed E-state index contributed by atoms with van der Waals surface area (Å²) in [5, 5.41) is 0.572. The number of methoxy groups -OCH3 is 1. The van der Waals surface area contributed by atoms with Gasteiger partial charge in [0.1, 0.15) is 5.82 Å². The summed E-state index contributed by atoms with van der Waals surface area (Å²) >= 11 is 5.95. The Labute approximate surface area is 110 Å². The maximum absolute atomic E-state index is 11.6. The van der Waals surface area contributed by atoms with E-state index in [1.54, 1.807) is 22.7 Å². The van der Waals surface area contributed by atoms with E-state index in [4.69, 9.17) is 22.1 Å². The Morgan fingerprint density at radius 3 is 2.94 bits per heavy atom. The lowest BCUT2D eigenvalue weighted by Crippen LogP contribution is -2.19. The number of aromatic nitrogens is 2. The van der Waals surface area contributed by atoms with Gasteiger partial charge >= 0.3 is 5.97 Å². The van der Waals surface area contributed by atoms with Crippen molar-refractivity contribution in [3.63, 3.8) is 0 Å². The zero-order valence-corrected chi connectivity index (χ0v) is 10.9. The molecule has 0 spiro atoms. The van der Waals surface area contributed by atoms with Crippen molar-refractivity contribution in [1.29, 1.82) is 0 Å². The molecule has 18 heavy (non-hydrogen) atoms. The molecule has 2 heterocycles. The minimum atomic E-state index is -0.467. The number of fused-ring (bicyclic) bond motifs is 1. The van der Waals surface area contributed by atoms with E-state index in [1.165, 1.54) is 7.11 Å². The number of esters is 1. The van der Waals surface area contributed by atoms with E-state index < -0.39 is 5.97 Å². The Bertz CT molecular complexity index is 592. The standard InChI is InChI=1S/C12H14ClN3O2/c1-7(14)5-10-15-11(12(17)18-2)9-4-3-8(13)6-16(9)10/h3-4,6-7H,5,14H2,1-2H3. The number of hydrogen-bond donors (Lipinski definition) is 1. The lowest BCUT2D eigenvalue weighted by atomic mass is 10.2. The molecule has 0 amide bonds. The normalized spacial score (nSPS) is 12.7. The highest BCUT2D eigenvalue weighted by atomic mass is 35.5. The lowest BCUT2D eigenvalue weighted by molar-refractivity contribution is 0.0597. The zero-order valence-electron chi connectivity index (χ0n) is 10.2. The molecule has 0 bridgehead atoms. The van der Waals surface area contributed by atoms with E-state index in [9.17, 15) is 4.79 Å². The van der Waals surface area contributed by atoms with Gasteiger partial charge in [-0.05, 0) is 19.1 Å². The first kappa shape index (κ1) is 12.9. The molecule has 2 N–H and O–H groups in total. The van der Waals surface area contributed by atoms with Crippen LogP contribution in [0.5, 0.6) is 0 Å². The van der Waals surface area contributed by atoms with Crippen molar-refractivity contribution in [1.82, 2.24) is 9.38 Å². The van der Waals surface area contributed by atoms with Crippen LogP contribution in [0.2, 0.25) is 5.02 Å². The number of carbonyl (C=O) groups is 1. The second kappa shape index (κ2) is 4.96. The van der Waals surface area contributed by atoms with Crippen LogP contribution in [0.3, 0.4) is 0 Å². The van der Waals surface area contributed by atoms with Crippen LogP contribution < -0.4 is 5.73 Å². The first-order valence-electron chi connectivity index (χ1n) is 5.53. The van der Waals surface area contributed by atoms with Crippen molar-refractivity contribution in [2.45, 2.75) is 19.4 Å². The highest BCUT2D eigenvalue weighted by Gasteiger charge is 2.18. The second-order valence-corrected chi connectivity index (χ2v) is 4.59. The van der Waals surface area contributed by atoms with Crippen LogP contribution in [0.4, 0.5) is 0 Å². The average Bonchev–Trinajstić information content (AvgIpc) is 2.66. The van der Waals surface area contributed by atoms with Gasteiger partial charge in [0.25, 0.3) is 0 Å². The Hall–Kier alpha value is -1.59. The van der Waals surface area contributed by atoms with E-state index in [0.717, 1.165) is 0 Å². The van der Waals surface area contributed by atoms with Crippen molar-refractivity contribution in [3.8, 4) is 0 Å². The van der Waals surface area contributed by atoms with Gasteiger partial charge in [0.05, 0.1) is 17.6 Å². The molecule has 96 valence electrons. The highest BCUT2D eigenvalue weighted by Crippen LogP contribution is 2.18. The summed E-state index contributed by atoms with van der Waals surface area (Å²) in [6.45, 7) is 1.88. The number of ether oxygens (including phenoxy) is 1. The van der Waals surface area contributed by atoms with Crippen molar-refractivity contribution in [2.75, 3.05) is 7.11 Å². The molecule has 2 aromatic rings. The van der Waals surface area contributed by atoms with E-state index in [-0.39, 0.29) is 11.7 Å². The van der Waals surface area contributed by atoms with Gasteiger partial charge in [0, 0.05) is 18.7 Å². The predicted octanol–water partition coefficient (Wildman–Crippen LogP) is 1.66. The van der Waals surface area contributed by atoms with E-state index in [0.29, 0.717) is 22.8 Å². The number of rotatable bonds is 3. The van der Waals surface area contributed by atoms with Gasteiger partial charge < -0.3 is 14.9 Å². The number of nitrogens with two attached hydrogens (primary N) is 1. The number of imidazole rings is 1. The summed E-state index contributed by atoms with van der Waals surface area (Å²) in [6.07, 6.45) is 2.27. The molecule has 5 nitrogen and oxygen atoms in total. The molecular formula is C12H14ClN3O2. The highest BCUT2D eigenvalue weighted by molar-refractivity contribution is 6.30. The summed E-state index contributed by atoms with van der Waals surface area (Å²) in [5.41, 5.74) is 6.72. The summed E-state index contributed by atoms with van der Waals surface area (Å²) in [4.78, 5) is 15.9. The summed E-state index contributed by atoms with van der Waals surface area (Å²) < 4.78 is 6.49. The second-order valence-electron chi connectivity index (χ2n) is 4.15. The molecule has 0 radical (unpaired) electrons. The van der Waals surface area contributed by atoms with E-state index >= 15 is 0 Å². The molecule has 2 aromatic heterocycles. The number of nitrogens with zero attached hydrogens (tertiary/aromatic N) is 2. The van der Waals surface area contributed by atoms with Crippen molar-refractivity contribution >= 4 is 23.1 Å². The quantitative estimate of drug-likeness (QED) is 0.859. The largest absolute Gasteiger partial charge is 0.464 e. The fourth-order valence-electron chi connectivity index (χ4n) is 1.80. The van der Waals surface area contributed by atoms with Crippen molar-refractivity contribution < 1.29 is 9.53 Å². The Kier molecular flexibility index (Phi) is 3.54. The predicted molar refractivity (Wildman–Crippen MR) is 68.9 cm³/mol. The van der Waals surface area contributed by atoms with Gasteiger partial charge in [-0.1, -0.05) is 11.6 Å². The molecule has 0 fully saturated rings. The molecule has 0 aliphatic heterocycles. The zero-order chi connectivity index (χ0) is 13.3. The maximum Gasteiger partial charge on any atom is 0.358 e. The molecule has 1 atom stereocenters. The Morgan fingerprint density at radius 2 is 2.33 bits per heavy atom. The number of halogens is 1. The molecular weight excluding hydrogens is 254 g/mol. The smallest absolute Gasteiger partial charge is 0.358 e. The summed E-state index contributed by atoms with van der Waals surface area (Å²) in [7, 11) is 1.33. The summed E-state index contributed by atoms with van der Waals surface area (Å²) in [6, 6.07) is 3.40. The molecule has 2 rings (SSSR count). The van der Waals surface area contributed by atoms with Gasteiger partial charge in [-0.15, -0.1) is 0 Å². The van der Waals surface area contributed by atoms with E-state index in [2.05, 4.69) is 4.98 Å². The molecule has 6 heteroatoms. The number of hydrogen-bond acceptors (Lipinski definition) is 4. The number of pyridine rings is 1. The summed E-state index contributed by atoms with van der Waals surface area (Å²) in [5.74, 6) is 0.230. The first-order valence-corrected chi connectivity index (χ1v) is 5.91. The topological polar surface area (TPSA) is 69.6 Å². The van der Waals surface area contributed by atoms with Crippen LogP contribution in [-0.2, 0) is 11.2 Å². The average molecular weight is 268 g/mol. The molecule has 0 saturated heterocycles. The molecule has 0 aromatic carbocycles. The van der Waals surface area contributed by atoms with Crippen LogP contribution in [0, 0.1) is 0 Å². The third-order valence-corrected chi connectivity index (χ3v) is 2.78. The number of carbonyl (C=O) groups excluding carboxylic acids is 1. The molecule has 0 aliphatic carbocycles. The van der Waals surface area contributed by atoms with Crippen molar-refractivity contribution in [3.05, 3.63) is 34.9 Å². The van der Waals surface area contributed by atoms with Crippen LogP contribution in [0.25, 0.3) is 5.52 Å². The first-order chi connectivity index (χ1) is 8.52. The Morgan fingerprint density at radius 1 is 1.61 bits per heavy atom. The fourth-order valence-corrected chi connectivity index (χ4v) is 1.96. The van der Waals surface area contributed by atoms with Crippen molar-refractivity contribution in [2.24, 2.45) is 5.73 Å². The fraction of sp³-hybridized carbons (Fsp3) is 0.333. The van der Waals surface area contributed by atoms with Gasteiger partial charge in [-0.2, -0.15) is 0 Å².